The number of aromatic nitrogens is 1. The van der Waals surface area contributed by atoms with E-state index in [9.17, 15) is 0 Å². The lowest BCUT2D eigenvalue weighted by Crippen LogP contribution is -2.35. The molecule has 1 heterocycles. The molecule has 20 heavy (non-hydrogen) atoms. The van der Waals surface area contributed by atoms with Crippen LogP contribution in [0.3, 0.4) is 0 Å². The molecule has 0 aliphatic heterocycles. The summed E-state index contributed by atoms with van der Waals surface area (Å²) in [5, 5.41) is 6.86. The van der Waals surface area contributed by atoms with Gasteiger partial charge in [0.2, 0.25) is 0 Å². The van der Waals surface area contributed by atoms with E-state index in [2.05, 4.69) is 36.4 Å². The summed E-state index contributed by atoms with van der Waals surface area (Å²) in [6.45, 7) is 10.2. The van der Waals surface area contributed by atoms with Gasteiger partial charge in [0, 0.05) is 43.7 Å². The number of hydrogen-bond donors (Lipinski definition) is 1. The maximum absolute atomic E-state index is 5.20. The van der Waals surface area contributed by atoms with Gasteiger partial charge in [0.05, 0.1) is 12.3 Å². The maximum Gasteiger partial charge on any atom is 0.107 e. The summed E-state index contributed by atoms with van der Waals surface area (Å²) in [6, 6.07) is 0.753. The molecule has 0 unspecified atom stereocenters. The van der Waals surface area contributed by atoms with Crippen molar-refractivity contribution in [2.24, 2.45) is 0 Å². The van der Waals surface area contributed by atoms with Crippen LogP contribution in [-0.4, -0.2) is 41.7 Å². The smallest absolute Gasteiger partial charge is 0.107 e. The Labute approximate surface area is 126 Å². The van der Waals surface area contributed by atoms with E-state index in [1.807, 2.05) is 0 Å². The average Bonchev–Trinajstić information content (AvgIpc) is 3.12. The Morgan fingerprint density at radius 1 is 1.45 bits per heavy atom. The summed E-state index contributed by atoms with van der Waals surface area (Å²) >= 11 is 1.76. The molecule has 1 fully saturated rings. The number of nitrogens with one attached hydrogen (secondary N) is 1. The number of methoxy groups -OCH3 is 1. The number of thiazole rings is 1. The molecule has 1 aromatic heterocycles. The quantitative estimate of drug-likeness (QED) is 0.800. The van der Waals surface area contributed by atoms with Crippen LogP contribution in [0.1, 0.15) is 44.3 Å². The van der Waals surface area contributed by atoms with Crippen molar-refractivity contribution < 1.29 is 4.74 Å². The zero-order valence-electron chi connectivity index (χ0n) is 13.1. The van der Waals surface area contributed by atoms with Gasteiger partial charge >= 0.3 is 0 Å². The largest absolute Gasteiger partial charge is 0.383 e. The molecule has 1 aliphatic carbocycles. The van der Waals surface area contributed by atoms with Gasteiger partial charge in [-0.25, -0.2) is 4.98 Å². The monoisotopic (exact) mass is 297 g/mol. The SMILES string of the molecule is COCCN(Cc1csc(CNC(C)(C)C)n1)C1CC1. The molecule has 5 heteroatoms. The average molecular weight is 297 g/mol. The van der Waals surface area contributed by atoms with Crippen molar-refractivity contribution in [3.05, 3.63) is 16.1 Å². The first-order valence-electron chi connectivity index (χ1n) is 7.39. The van der Waals surface area contributed by atoms with E-state index in [4.69, 9.17) is 9.72 Å². The maximum atomic E-state index is 5.20. The van der Waals surface area contributed by atoms with Crippen molar-refractivity contribution in [2.75, 3.05) is 20.3 Å². The molecule has 0 radical (unpaired) electrons. The Bertz CT molecular complexity index is 409. The molecule has 1 aromatic rings. The molecule has 0 spiro atoms. The lowest BCUT2D eigenvalue weighted by atomic mass is 10.1. The fourth-order valence-electron chi connectivity index (χ4n) is 2.09. The van der Waals surface area contributed by atoms with Crippen molar-refractivity contribution in [1.82, 2.24) is 15.2 Å². The van der Waals surface area contributed by atoms with Gasteiger partial charge < -0.3 is 10.1 Å². The lowest BCUT2D eigenvalue weighted by molar-refractivity contribution is 0.139. The van der Waals surface area contributed by atoms with Crippen LogP contribution >= 0.6 is 11.3 Å². The zero-order chi connectivity index (χ0) is 14.6. The zero-order valence-corrected chi connectivity index (χ0v) is 13.9. The first-order valence-corrected chi connectivity index (χ1v) is 8.27. The molecule has 0 saturated heterocycles. The Morgan fingerprint density at radius 3 is 2.80 bits per heavy atom. The number of rotatable bonds is 8. The summed E-state index contributed by atoms with van der Waals surface area (Å²) < 4.78 is 5.20. The van der Waals surface area contributed by atoms with Gasteiger partial charge in [0.25, 0.3) is 0 Å². The van der Waals surface area contributed by atoms with Crippen molar-refractivity contribution in [2.45, 2.75) is 58.3 Å². The molecule has 114 valence electrons. The van der Waals surface area contributed by atoms with Crippen molar-refractivity contribution in [3.63, 3.8) is 0 Å². The van der Waals surface area contributed by atoms with E-state index in [1.165, 1.54) is 23.5 Å². The van der Waals surface area contributed by atoms with Crippen LogP contribution in [0.4, 0.5) is 0 Å². The molecule has 4 nitrogen and oxygen atoms in total. The lowest BCUT2D eigenvalue weighted by Gasteiger charge is -2.20. The number of hydrogen-bond acceptors (Lipinski definition) is 5. The molecular formula is C15H27N3OS. The molecule has 0 amide bonds. The van der Waals surface area contributed by atoms with Crippen LogP contribution in [-0.2, 0) is 17.8 Å². The molecule has 1 N–H and O–H groups in total. The summed E-state index contributed by atoms with van der Waals surface area (Å²) in [5.74, 6) is 0. The minimum Gasteiger partial charge on any atom is -0.383 e. The standard InChI is InChI=1S/C15H27N3OS/c1-15(2,3)16-9-14-17-12(11-20-14)10-18(7-8-19-4)13-5-6-13/h11,13,16H,5-10H2,1-4H3. The normalized spacial score (nSPS) is 16.1. The van der Waals surface area contributed by atoms with Crippen molar-refractivity contribution >= 4 is 11.3 Å². The Morgan fingerprint density at radius 2 is 2.20 bits per heavy atom. The third-order valence-corrected chi connectivity index (χ3v) is 4.28. The van der Waals surface area contributed by atoms with Gasteiger partial charge in [0.1, 0.15) is 5.01 Å². The van der Waals surface area contributed by atoms with E-state index in [-0.39, 0.29) is 5.54 Å². The van der Waals surface area contributed by atoms with Crippen LogP contribution in [0.5, 0.6) is 0 Å². The highest BCUT2D eigenvalue weighted by Gasteiger charge is 2.29. The summed E-state index contributed by atoms with van der Waals surface area (Å²) in [6.07, 6.45) is 2.65. The highest BCUT2D eigenvalue weighted by atomic mass is 32.1. The second kappa shape index (κ2) is 6.98. The van der Waals surface area contributed by atoms with Crippen LogP contribution in [0, 0.1) is 0 Å². The summed E-state index contributed by atoms with van der Waals surface area (Å²) in [4.78, 5) is 7.24. The molecule has 0 atom stereocenters. The highest BCUT2D eigenvalue weighted by molar-refractivity contribution is 7.09. The van der Waals surface area contributed by atoms with Gasteiger partial charge in [-0.2, -0.15) is 0 Å². The van der Waals surface area contributed by atoms with Crippen LogP contribution in [0.2, 0.25) is 0 Å². The van der Waals surface area contributed by atoms with E-state index in [0.29, 0.717) is 0 Å². The molecule has 0 bridgehead atoms. The summed E-state index contributed by atoms with van der Waals surface area (Å²) in [7, 11) is 1.77. The second-order valence-corrected chi connectivity index (χ2v) is 7.47. The molecule has 2 rings (SSSR count). The van der Waals surface area contributed by atoms with Crippen molar-refractivity contribution in [1.29, 1.82) is 0 Å². The fourth-order valence-corrected chi connectivity index (χ4v) is 2.82. The van der Waals surface area contributed by atoms with Gasteiger partial charge in [-0.05, 0) is 33.6 Å². The van der Waals surface area contributed by atoms with Crippen LogP contribution in [0.25, 0.3) is 0 Å². The van der Waals surface area contributed by atoms with Crippen LogP contribution in [0.15, 0.2) is 5.38 Å². The van der Waals surface area contributed by atoms with Crippen molar-refractivity contribution in [3.8, 4) is 0 Å². The Hall–Kier alpha value is -0.490. The summed E-state index contributed by atoms with van der Waals surface area (Å²) in [5.41, 5.74) is 1.34. The van der Waals surface area contributed by atoms with Crippen LogP contribution < -0.4 is 5.32 Å². The predicted octanol–water partition coefficient (Wildman–Crippen LogP) is 2.64. The first-order chi connectivity index (χ1) is 9.48. The molecule has 1 aliphatic rings. The Balaban J connectivity index is 1.84. The third kappa shape index (κ3) is 5.48. The topological polar surface area (TPSA) is 37.4 Å². The van der Waals surface area contributed by atoms with E-state index in [1.54, 1.807) is 18.4 Å². The highest BCUT2D eigenvalue weighted by Crippen LogP contribution is 2.28. The number of nitrogens with zero attached hydrogens (tertiary/aromatic N) is 2. The minimum absolute atomic E-state index is 0.143. The number of ether oxygens (including phenoxy) is 1. The molecule has 0 aromatic carbocycles. The molecule has 1 saturated carbocycles. The molecular weight excluding hydrogens is 270 g/mol. The van der Waals surface area contributed by atoms with E-state index < -0.39 is 0 Å². The fraction of sp³-hybridized carbons (Fsp3) is 0.800. The van der Waals surface area contributed by atoms with Gasteiger partial charge in [-0.3, -0.25) is 4.90 Å². The van der Waals surface area contributed by atoms with E-state index >= 15 is 0 Å². The first kappa shape index (κ1) is 15.9. The Kier molecular flexibility index (Phi) is 5.55. The van der Waals surface area contributed by atoms with Gasteiger partial charge in [-0.1, -0.05) is 0 Å². The van der Waals surface area contributed by atoms with E-state index in [0.717, 1.165) is 32.3 Å². The van der Waals surface area contributed by atoms with Gasteiger partial charge in [-0.15, -0.1) is 11.3 Å². The second-order valence-electron chi connectivity index (χ2n) is 6.53. The van der Waals surface area contributed by atoms with Gasteiger partial charge in [0.15, 0.2) is 0 Å². The predicted molar refractivity (Wildman–Crippen MR) is 84.0 cm³/mol. The minimum atomic E-state index is 0.143. The third-order valence-electron chi connectivity index (χ3n) is 3.38.